The van der Waals surface area contributed by atoms with Crippen LogP contribution >= 0.6 is 0 Å². The molecule has 0 unspecified atom stereocenters. The number of rotatable bonds is 4. The number of hydrogen-bond acceptors (Lipinski definition) is 4. The Morgan fingerprint density at radius 1 is 1.08 bits per heavy atom. The Balaban J connectivity index is 1.96. The molecule has 36 heavy (non-hydrogen) atoms. The summed E-state index contributed by atoms with van der Waals surface area (Å²) in [5.74, 6) is -3.53. The highest BCUT2D eigenvalue weighted by Gasteiger charge is 2.42. The number of amides is 1. The zero-order valence-electron chi connectivity index (χ0n) is 19.2. The molecule has 1 amide bonds. The van der Waals surface area contributed by atoms with Crippen molar-refractivity contribution >= 4 is 17.6 Å². The lowest BCUT2D eigenvalue weighted by molar-refractivity contribution is -0.140. The molecule has 0 aliphatic carbocycles. The molecule has 0 spiro atoms. The van der Waals surface area contributed by atoms with Crippen LogP contribution < -0.4 is 16.1 Å². The molecule has 1 aliphatic heterocycles. The van der Waals surface area contributed by atoms with Crippen LogP contribution in [-0.4, -0.2) is 33.2 Å². The van der Waals surface area contributed by atoms with E-state index in [1.807, 2.05) is 0 Å². The maximum Gasteiger partial charge on any atom is 0.419 e. The first-order valence-electron chi connectivity index (χ1n) is 10.5. The standard InChI is InChI=1S/C24H19F4N3O5/c1-23(2)15-9-13(7-8-17(15)29(3)21(23)35)30-11-14(20(33)34)19(32)31(22(30)36)10-12-5-4-6-16(25)18(12)24(26,27)28/h4-9,11H,10H2,1-3H3,(H,33,34). The van der Waals surface area contributed by atoms with Crippen molar-refractivity contribution < 1.29 is 32.3 Å². The third kappa shape index (κ3) is 3.78. The first-order chi connectivity index (χ1) is 16.7. The van der Waals surface area contributed by atoms with E-state index in [1.54, 1.807) is 20.9 Å². The largest absolute Gasteiger partial charge is 0.477 e. The van der Waals surface area contributed by atoms with Gasteiger partial charge < -0.3 is 10.0 Å². The van der Waals surface area contributed by atoms with Crippen LogP contribution in [0, 0.1) is 5.82 Å². The average Bonchev–Trinajstić information content (AvgIpc) is 2.95. The summed E-state index contributed by atoms with van der Waals surface area (Å²) in [7, 11) is 1.57. The SMILES string of the molecule is CN1C(=O)C(C)(C)c2cc(-n3cc(C(=O)O)c(=O)n(Cc4cccc(F)c4C(F)(F)F)c3=O)ccc21. The molecule has 0 atom stereocenters. The number of nitrogens with zero attached hydrogens (tertiary/aromatic N) is 3. The number of carbonyl (C=O) groups is 2. The van der Waals surface area contributed by atoms with Gasteiger partial charge in [-0.25, -0.2) is 14.0 Å². The second-order valence-corrected chi connectivity index (χ2v) is 8.85. The van der Waals surface area contributed by atoms with Gasteiger partial charge in [-0.15, -0.1) is 0 Å². The maximum atomic E-state index is 14.0. The minimum Gasteiger partial charge on any atom is -0.477 e. The van der Waals surface area contributed by atoms with E-state index in [1.165, 1.54) is 23.1 Å². The first kappa shape index (κ1) is 24.9. The number of aromatic nitrogens is 2. The van der Waals surface area contributed by atoms with Crippen molar-refractivity contribution in [2.24, 2.45) is 0 Å². The highest BCUT2D eigenvalue weighted by molar-refractivity contribution is 6.07. The minimum absolute atomic E-state index is 0.0847. The van der Waals surface area contributed by atoms with Crippen molar-refractivity contribution in [3.63, 3.8) is 0 Å². The van der Waals surface area contributed by atoms with Crippen molar-refractivity contribution in [3.05, 3.63) is 91.5 Å². The molecule has 12 heteroatoms. The molecule has 2 aromatic carbocycles. The van der Waals surface area contributed by atoms with Gasteiger partial charge >= 0.3 is 17.8 Å². The number of anilines is 1. The summed E-state index contributed by atoms with van der Waals surface area (Å²) >= 11 is 0. The molecule has 0 fully saturated rings. The molecule has 0 radical (unpaired) electrons. The van der Waals surface area contributed by atoms with Crippen LogP contribution in [-0.2, 0) is 22.9 Å². The summed E-state index contributed by atoms with van der Waals surface area (Å²) in [4.78, 5) is 51.8. The average molecular weight is 505 g/mol. The van der Waals surface area contributed by atoms with Crippen LogP contribution in [0.25, 0.3) is 5.69 Å². The number of carboxylic acids is 1. The van der Waals surface area contributed by atoms with E-state index < -0.39 is 57.9 Å². The molecule has 8 nitrogen and oxygen atoms in total. The third-order valence-electron chi connectivity index (χ3n) is 6.25. The summed E-state index contributed by atoms with van der Waals surface area (Å²) in [6.45, 7) is 2.30. The molecular weight excluding hydrogens is 486 g/mol. The lowest BCUT2D eigenvalue weighted by Gasteiger charge is -2.18. The second kappa shape index (κ2) is 8.18. The second-order valence-electron chi connectivity index (χ2n) is 8.85. The number of hydrogen-bond donors (Lipinski definition) is 1. The fraction of sp³-hybridized carbons (Fsp3) is 0.250. The van der Waals surface area contributed by atoms with Crippen LogP contribution in [0.15, 0.2) is 52.2 Å². The zero-order chi connectivity index (χ0) is 26.7. The lowest BCUT2D eigenvalue weighted by atomic mass is 9.86. The summed E-state index contributed by atoms with van der Waals surface area (Å²) in [5, 5.41) is 9.53. The Bertz CT molecular complexity index is 1550. The van der Waals surface area contributed by atoms with E-state index in [9.17, 15) is 41.8 Å². The van der Waals surface area contributed by atoms with E-state index >= 15 is 0 Å². The molecule has 0 saturated heterocycles. The van der Waals surface area contributed by atoms with E-state index in [0.29, 0.717) is 21.9 Å². The number of alkyl halides is 3. The van der Waals surface area contributed by atoms with Crippen LogP contribution in [0.5, 0.6) is 0 Å². The van der Waals surface area contributed by atoms with Crippen molar-refractivity contribution in [3.8, 4) is 5.69 Å². The van der Waals surface area contributed by atoms with Gasteiger partial charge in [0.2, 0.25) is 5.91 Å². The molecule has 0 saturated carbocycles. The minimum atomic E-state index is -5.13. The number of aromatic carboxylic acids is 1. The van der Waals surface area contributed by atoms with Crippen molar-refractivity contribution in [2.75, 3.05) is 11.9 Å². The molecule has 0 bridgehead atoms. The highest BCUT2D eigenvalue weighted by atomic mass is 19.4. The topological polar surface area (TPSA) is 102 Å². The Kier molecular flexibility index (Phi) is 5.65. The zero-order valence-corrected chi connectivity index (χ0v) is 19.2. The number of carboxylic acid groups (broad SMARTS) is 1. The predicted molar refractivity (Wildman–Crippen MR) is 120 cm³/mol. The predicted octanol–water partition coefficient (Wildman–Crippen LogP) is 3.16. The molecular formula is C24H19F4N3O5. The van der Waals surface area contributed by atoms with E-state index in [0.717, 1.165) is 22.9 Å². The van der Waals surface area contributed by atoms with Gasteiger partial charge in [-0.05, 0) is 49.2 Å². The Hall–Kier alpha value is -4.22. The van der Waals surface area contributed by atoms with Gasteiger partial charge in [0, 0.05) is 18.9 Å². The van der Waals surface area contributed by atoms with Crippen LogP contribution in [0.1, 0.15) is 40.9 Å². The highest BCUT2D eigenvalue weighted by Crippen LogP contribution is 2.41. The number of benzene rings is 2. The van der Waals surface area contributed by atoms with E-state index in [-0.39, 0.29) is 11.6 Å². The molecule has 2 heterocycles. The van der Waals surface area contributed by atoms with Crippen LogP contribution in [0.2, 0.25) is 0 Å². The lowest BCUT2D eigenvalue weighted by Crippen LogP contribution is -2.42. The summed E-state index contributed by atoms with van der Waals surface area (Å²) in [6, 6.07) is 6.90. The quantitative estimate of drug-likeness (QED) is 0.549. The van der Waals surface area contributed by atoms with Gasteiger partial charge in [0.25, 0.3) is 5.56 Å². The fourth-order valence-electron chi connectivity index (χ4n) is 4.37. The Morgan fingerprint density at radius 2 is 1.75 bits per heavy atom. The summed E-state index contributed by atoms with van der Waals surface area (Å²) in [5.41, 5.74) is -5.56. The molecule has 1 aromatic heterocycles. The van der Waals surface area contributed by atoms with Crippen LogP contribution in [0.4, 0.5) is 23.2 Å². The van der Waals surface area contributed by atoms with Gasteiger partial charge in [-0.1, -0.05) is 12.1 Å². The summed E-state index contributed by atoms with van der Waals surface area (Å²) in [6.07, 6.45) is -4.35. The smallest absolute Gasteiger partial charge is 0.419 e. The molecule has 1 aliphatic rings. The number of halogens is 4. The van der Waals surface area contributed by atoms with Crippen molar-refractivity contribution in [2.45, 2.75) is 32.0 Å². The van der Waals surface area contributed by atoms with Gasteiger partial charge in [-0.2, -0.15) is 13.2 Å². The Morgan fingerprint density at radius 3 is 2.36 bits per heavy atom. The normalized spacial score (nSPS) is 14.8. The maximum absolute atomic E-state index is 14.0. The number of carbonyl (C=O) groups excluding carboxylic acids is 1. The fourth-order valence-corrected chi connectivity index (χ4v) is 4.37. The third-order valence-corrected chi connectivity index (χ3v) is 6.25. The van der Waals surface area contributed by atoms with E-state index in [4.69, 9.17) is 0 Å². The molecule has 3 aromatic rings. The van der Waals surface area contributed by atoms with Crippen LogP contribution in [0.3, 0.4) is 0 Å². The molecule has 188 valence electrons. The molecule has 1 N–H and O–H groups in total. The Labute approximate surface area is 200 Å². The van der Waals surface area contributed by atoms with Gasteiger partial charge in [0.05, 0.1) is 23.2 Å². The number of fused-ring (bicyclic) bond motifs is 1. The first-order valence-corrected chi connectivity index (χ1v) is 10.5. The van der Waals surface area contributed by atoms with Gasteiger partial charge in [-0.3, -0.25) is 18.7 Å². The summed E-state index contributed by atoms with van der Waals surface area (Å²) < 4.78 is 55.6. The van der Waals surface area contributed by atoms with Gasteiger partial charge in [0.1, 0.15) is 11.4 Å². The van der Waals surface area contributed by atoms with Crippen molar-refractivity contribution in [1.82, 2.24) is 9.13 Å². The molecule has 4 rings (SSSR count). The van der Waals surface area contributed by atoms with Gasteiger partial charge in [0.15, 0.2) is 0 Å². The monoisotopic (exact) mass is 505 g/mol. The van der Waals surface area contributed by atoms with E-state index in [2.05, 4.69) is 0 Å². The number of likely N-dealkylation sites (N-methyl/N-ethyl adjacent to an activating group) is 1. The van der Waals surface area contributed by atoms with Crippen molar-refractivity contribution in [1.29, 1.82) is 0 Å².